The van der Waals surface area contributed by atoms with E-state index < -0.39 is 0 Å². The van der Waals surface area contributed by atoms with Crippen molar-refractivity contribution in [2.75, 3.05) is 0 Å². The highest BCUT2D eigenvalue weighted by molar-refractivity contribution is 9.11. The van der Waals surface area contributed by atoms with Crippen LogP contribution in [0.3, 0.4) is 0 Å². The molecule has 1 heterocycles. The van der Waals surface area contributed by atoms with Gasteiger partial charge in [0.15, 0.2) is 0 Å². The second-order valence-corrected chi connectivity index (χ2v) is 6.19. The summed E-state index contributed by atoms with van der Waals surface area (Å²) in [5, 5.41) is 0.358. The average Bonchev–Trinajstić information content (AvgIpc) is 2.64. The Morgan fingerprint density at radius 1 is 1.31 bits per heavy atom. The van der Waals surface area contributed by atoms with Crippen LogP contribution in [0.2, 0.25) is 5.02 Å². The fourth-order valence-corrected chi connectivity index (χ4v) is 3.13. The van der Waals surface area contributed by atoms with Gasteiger partial charge >= 0.3 is 0 Å². The van der Waals surface area contributed by atoms with Crippen LogP contribution in [0.15, 0.2) is 34.1 Å². The van der Waals surface area contributed by atoms with Gasteiger partial charge in [0.1, 0.15) is 5.82 Å². The highest BCUT2D eigenvalue weighted by Gasteiger charge is 2.14. The Labute approximate surface area is 110 Å². The predicted molar refractivity (Wildman–Crippen MR) is 69.5 cm³/mol. The molecule has 2 aromatic rings. The molecule has 0 spiro atoms. The van der Waals surface area contributed by atoms with Gasteiger partial charge in [0, 0.05) is 9.90 Å². The highest BCUT2D eigenvalue weighted by atomic mass is 79.9. The first-order chi connectivity index (χ1) is 7.58. The summed E-state index contributed by atoms with van der Waals surface area (Å²) in [6, 6.07) is 7.81. The molecule has 1 aromatic heterocycles. The van der Waals surface area contributed by atoms with E-state index >= 15 is 0 Å². The van der Waals surface area contributed by atoms with Crippen molar-refractivity contribution in [3.63, 3.8) is 0 Å². The molecule has 16 heavy (non-hydrogen) atoms. The van der Waals surface area contributed by atoms with Gasteiger partial charge in [-0.3, -0.25) is 0 Å². The quantitative estimate of drug-likeness (QED) is 0.874. The molecular formula is C11H8BrClFNS. The smallest absolute Gasteiger partial charge is 0.124 e. The molecule has 1 unspecified atom stereocenters. The molecule has 0 aliphatic carbocycles. The first kappa shape index (κ1) is 12.0. The van der Waals surface area contributed by atoms with Gasteiger partial charge in [-0.2, -0.15) is 0 Å². The van der Waals surface area contributed by atoms with Gasteiger partial charge in [0.2, 0.25) is 0 Å². The van der Waals surface area contributed by atoms with Crippen LogP contribution < -0.4 is 5.73 Å². The minimum Gasteiger partial charge on any atom is -0.320 e. The van der Waals surface area contributed by atoms with Gasteiger partial charge in [-0.25, -0.2) is 4.39 Å². The Bertz CT molecular complexity index is 514. The fraction of sp³-hybridized carbons (Fsp3) is 0.0909. The molecule has 5 heteroatoms. The summed E-state index contributed by atoms with van der Waals surface area (Å²) in [4.78, 5) is 0.986. The first-order valence-corrected chi connectivity index (χ1v) is 6.52. The maximum Gasteiger partial charge on any atom is 0.124 e. The zero-order valence-electron chi connectivity index (χ0n) is 8.08. The third-order valence-corrected chi connectivity index (χ3v) is 4.23. The predicted octanol–water partition coefficient (Wildman–Crippen LogP) is 4.35. The molecule has 84 valence electrons. The lowest BCUT2D eigenvalue weighted by Crippen LogP contribution is -2.10. The Morgan fingerprint density at radius 3 is 2.62 bits per heavy atom. The third kappa shape index (κ3) is 2.46. The number of rotatable bonds is 2. The number of halogens is 3. The molecule has 0 amide bonds. The summed E-state index contributed by atoms with van der Waals surface area (Å²) in [6.45, 7) is 0. The third-order valence-electron chi connectivity index (χ3n) is 2.20. The lowest BCUT2D eigenvalue weighted by atomic mass is 10.1. The zero-order valence-corrected chi connectivity index (χ0v) is 11.2. The van der Waals surface area contributed by atoms with E-state index in [1.54, 1.807) is 17.4 Å². The standard InChI is InChI=1S/C11H8BrClFNS/c12-10-4-3-9(16-10)11(15)7-2-1-6(14)5-8(7)13/h1-5,11H,15H2. The summed E-state index contributed by atoms with van der Waals surface area (Å²) in [7, 11) is 0. The Morgan fingerprint density at radius 2 is 2.06 bits per heavy atom. The van der Waals surface area contributed by atoms with Crippen molar-refractivity contribution in [2.24, 2.45) is 5.73 Å². The van der Waals surface area contributed by atoms with E-state index in [4.69, 9.17) is 17.3 Å². The van der Waals surface area contributed by atoms with Gasteiger partial charge in [-0.05, 0) is 45.8 Å². The molecule has 1 atom stereocenters. The van der Waals surface area contributed by atoms with Crippen molar-refractivity contribution in [1.29, 1.82) is 0 Å². The lowest BCUT2D eigenvalue weighted by molar-refractivity contribution is 0.626. The molecule has 0 fully saturated rings. The molecular weight excluding hydrogens is 313 g/mol. The molecule has 0 aliphatic heterocycles. The molecule has 2 N–H and O–H groups in total. The average molecular weight is 321 g/mol. The van der Waals surface area contributed by atoms with Crippen molar-refractivity contribution < 1.29 is 4.39 Å². The van der Waals surface area contributed by atoms with Crippen molar-refractivity contribution in [2.45, 2.75) is 6.04 Å². The minimum absolute atomic E-state index is 0.315. The van der Waals surface area contributed by atoms with Crippen LogP contribution in [0.25, 0.3) is 0 Å². The lowest BCUT2D eigenvalue weighted by Gasteiger charge is -2.11. The van der Waals surface area contributed by atoms with Gasteiger partial charge in [0.25, 0.3) is 0 Å². The van der Waals surface area contributed by atoms with Crippen LogP contribution in [0.4, 0.5) is 4.39 Å². The van der Waals surface area contributed by atoms with Gasteiger partial charge in [-0.1, -0.05) is 17.7 Å². The monoisotopic (exact) mass is 319 g/mol. The van der Waals surface area contributed by atoms with Gasteiger partial charge in [-0.15, -0.1) is 11.3 Å². The van der Waals surface area contributed by atoms with E-state index in [0.29, 0.717) is 5.02 Å². The van der Waals surface area contributed by atoms with Crippen molar-refractivity contribution in [3.05, 3.63) is 55.4 Å². The Hall–Kier alpha value is -0.420. The summed E-state index contributed by atoms with van der Waals surface area (Å²) in [6.07, 6.45) is 0. The first-order valence-electron chi connectivity index (χ1n) is 4.53. The van der Waals surface area contributed by atoms with E-state index in [-0.39, 0.29) is 11.9 Å². The van der Waals surface area contributed by atoms with Crippen molar-refractivity contribution in [3.8, 4) is 0 Å². The molecule has 1 nitrogen and oxygen atoms in total. The number of hydrogen-bond donors (Lipinski definition) is 1. The van der Waals surface area contributed by atoms with Crippen molar-refractivity contribution >= 4 is 38.9 Å². The van der Waals surface area contributed by atoms with Gasteiger partial charge < -0.3 is 5.73 Å². The van der Waals surface area contributed by atoms with Crippen LogP contribution in [-0.2, 0) is 0 Å². The van der Waals surface area contributed by atoms with E-state index in [9.17, 15) is 4.39 Å². The SMILES string of the molecule is NC(c1ccc(Br)s1)c1ccc(F)cc1Cl. The number of nitrogens with two attached hydrogens (primary N) is 1. The summed E-state index contributed by atoms with van der Waals surface area (Å²) in [5.41, 5.74) is 6.80. The van der Waals surface area contributed by atoms with E-state index in [1.165, 1.54) is 12.1 Å². The second-order valence-electron chi connectivity index (χ2n) is 3.29. The number of hydrogen-bond acceptors (Lipinski definition) is 2. The summed E-state index contributed by atoms with van der Waals surface area (Å²) >= 11 is 10.9. The Balaban J connectivity index is 2.37. The molecule has 0 saturated carbocycles. The topological polar surface area (TPSA) is 26.0 Å². The van der Waals surface area contributed by atoms with E-state index in [1.807, 2.05) is 12.1 Å². The zero-order chi connectivity index (χ0) is 11.7. The maximum atomic E-state index is 12.9. The maximum absolute atomic E-state index is 12.9. The molecule has 0 radical (unpaired) electrons. The van der Waals surface area contributed by atoms with Crippen LogP contribution in [0.1, 0.15) is 16.5 Å². The van der Waals surface area contributed by atoms with Crippen LogP contribution in [0, 0.1) is 5.82 Å². The van der Waals surface area contributed by atoms with Crippen LogP contribution >= 0.6 is 38.9 Å². The largest absolute Gasteiger partial charge is 0.320 e. The van der Waals surface area contributed by atoms with Crippen LogP contribution in [0.5, 0.6) is 0 Å². The van der Waals surface area contributed by atoms with Gasteiger partial charge in [0.05, 0.1) is 9.83 Å². The highest BCUT2D eigenvalue weighted by Crippen LogP contribution is 2.32. The summed E-state index contributed by atoms with van der Waals surface area (Å²) in [5.74, 6) is -0.353. The van der Waals surface area contributed by atoms with E-state index in [0.717, 1.165) is 14.2 Å². The van der Waals surface area contributed by atoms with E-state index in [2.05, 4.69) is 15.9 Å². The molecule has 1 aromatic carbocycles. The minimum atomic E-state index is -0.353. The normalized spacial score (nSPS) is 12.8. The molecule has 0 saturated heterocycles. The number of thiophene rings is 1. The fourth-order valence-electron chi connectivity index (χ4n) is 1.40. The second kappa shape index (κ2) is 4.84. The number of benzene rings is 1. The Kier molecular flexibility index (Phi) is 3.64. The van der Waals surface area contributed by atoms with Crippen molar-refractivity contribution in [1.82, 2.24) is 0 Å². The molecule has 0 bridgehead atoms. The van der Waals surface area contributed by atoms with Crippen LogP contribution in [-0.4, -0.2) is 0 Å². The molecule has 0 aliphatic rings. The summed E-state index contributed by atoms with van der Waals surface area (Å²) < 4.78 is 13.9. The molecule has 2 rings (SSSR count).